The lowest BCUT2D eigenvalue weighted by molar-refractivity contribution is -0.134. The van der Waals surface area contributed by atoms with E-state index in [9.17, 15) is 24.9 Å². The maximum Gasteiger partial charge on any atom is 0.176 e. The van der Waals surface area contributed by atoms with Crippen LogP contribution in [0.15, 0.2) is 34.6 Å². The Labute approximate surface area is 149 Å². The van der Waals surface area contributed by atoms with Gasteiger partial charge in [-0.15, -0.1) is 0 Å². The van der Waals surface area contributed by atoms with Gasteiger partial charge in [0.05, 0.1) is 12.0 Å². The van der Waals surface area contributed by atoms with Crippen molar-refractivity contribution in [3.63, 3.8) is 0 Å². The fourth-order valence-corrected chi connectivity index (χ4v) is 2.94. The molecule has 0 radical (unpaired) electrons. The van der Waals surface area contributed by atoms with Crippen LogP contribution in [-0.4, -0.2) is 38.6 Å². The van der Waals surface area contributed by atoms with E-state index in [1.54, 1.807) is 26.0 Å². The predicted octanol–water partition coefficient (Wildman–Crippen LogP) is 3.03. The summed E-state index contributed by atoms with van der Waals surface area (Å²) in [4.78, 5) is 25.1. The summed E-state index contributed by atoms with van der Waals surface area (Å²) >= 11 is 0. The number of aliphatic hydroxyl groups excluding tert-OH is 2. The highest BCUT2D eigenvalue weighted by molar-refractivity contribution is 6.24. The molecule has 0 aromatic carbocycles. The fourth-order valence-electron chi connectivity index (χ4n) is 2.94. The maximum absolute atomic E-state index is 12.8. The van der Waals surface area contributed by atoms with Gasteiger partial charge in [-0.1, -0.05) is 37.1 Å². The molecular formula is C20H30O5. The summed E-state index contributed by atoms with van der Waals surface area (Å²) < 4.78 is 0. The normalized spacial score (nSPS) is 24.5. The Morgan fingerprint density at radius 1 is 1.16 bits per heavy atom. The van der Waals surface area contributed by atoms with E-state index in [2.05, 4.69) is 0 Å². The van der Waals surface area contributed by atoms with Gasteiger partial charge in [0.2, 0.25) is 0 Å². The quantitative estimate of drug-likeness (QED) is 0.484. The standard InChI is InChI=1S/C20H30O5/c1-11(2)7-9-14-18(23)16(17(22)13(5)6)19(24)20(14,25)15(21)10-8-12(3)4/h7-8,13-15,21,24-25H,9-10H2,1-6H3/t14-,15?,20-/m0/s1. The Bertz CT molecular complexity index is 630. The van der Waals surface area contributed by atoms with Gasteiger partial charge in [0.15, 0.2) is 17.2 Å². The Hall–Kier alpha value is -1.72. The highest BCUT2D eigenvalue weighted by Gasteiger charge is 2.58. The first-order chi connectivity index (χ1) is 11.4. The van der Waals surface area contributed by atoms with E-state index >= 15 is 0 Å². The van der Waals surface area contributed by atoms with Crippen LogP contribution in [0.4, 0.5) is 0 Å². The van der Waals surface area contributed by atoms with Crippen LogP contribution in [0.1, 0.15) is 54.4 Å². The van der Waals surface area contributed by atoms with Gasteiger partial charge in [0.25, 0.3) is 0 Å². The molecule has 0 aromatic rings. The topological polar surface area (TPSA) is 94.8 Å². The Balaban J connectivity index is 3.42. The minimum Gasteiger partial charge on any atom is -0.508 e. The lowest BCUT2D eigenvalue weighted by atomic mass is 9.80. The largest absolute Gasteiger partial charge is 0.508 e. The molecule has 1 aliphatic carbocycles. The molecule has 0 aromatic heterocycles. The zero-order chi connectivity index (χ0) is 19.5. The SMILES string of the molecule is CC(C)=CCC(O)[C@]1(O)C(O)=C(C(=O)C(C)C)C(=O)[C@@H]1CC=C(C)C. The Morgan fingerprint density at radius 2 is 1.68 bits per heavy atom. The summed E-state index contributed by atoms with van der Waals surface area (Å²) in [5, 5.41) is 32.2. The van der Waals surface area contributed by atoms with Crippen LogP contribution in [0.3, 0.4) is 0 Å². The van der Waals surface area contributed by atoms with Gasteiger partial charge in [-0.2, -0.15) is 0 Å². The number of hydrogen-bond acceptors (Lipinski definition) is 5. The molecule has 5 heteroatoms. The molecule has 140 valence electrons. The number of rotatable bonds is 7. The average molecular weight is 350 g/mol. The van der Waals surface area contributed by atoms with Crippen molar-refractivity contribution in [3.8, 4) is 0 Å². The van der Waals surface area contributed by atoms with Gasteiger partial charge >= 0.3 is 0 Å². The monoisotopic (exact) mass is 350 g/mol. The first-order valence-corrected chi connectivity index (χ1v) is 8.63. The molecule has 5 nitrogen and oxygen atoms in total. The predicted molar refractivity (Wildman–Crippen MR) is 97.0 cm³/mol. The van der Waals surface area contributed by atoms with E-state index in [0.29, 0.717) is 0 Å². The third-order valence-electron chi connectivity index (χ3n) is 4.50. The van der Waals surface area contributed by atoms with Gasteiger partial charge < -0.3 is 15.3 Å². The molecular weight excluding hydrogens is 320 g/mol. The van der Waals surface area contributed by atoms with Crippen molar-refractivity contribution in [3.05, 3.63) is 34.6 Å². The number of carbonyl (C=O) groups is 2. The summed E-state index contributed by atoms with van der Waals surface area (Å²) in [6, 6.07) is 0. The van der Waals surface area contributed by atoms with E-state index in [-0.39, 0.29) is 18.4 Å². The third-order valence-corrected chi connectivity index (χ3v) is 4.50. The zero-order valence-electron chi connectivity index (χ0n) is 16.0. The van der Waals surface area contributed by atoms with E-state index in [1.807, 2.05) is 27.7 Å². The van der Waals surface area contributed by atoms with Gasteiger partial charge in [-0.3, -0.25) is 9.59 Å². The number of Topliss-reactive ketones (excluding diaryl/α,β-unsaturated/α-hetero) is 2. The summed E-state index contributed by atoms with van der Waals surface area (Å²) in [5.41, 5.74) is -0.651. The second-order valence-corrected chi connectivity index (χ2v) is 7.53. The highest BCUT2D eigenvalue weighted by Crippen LogP contribution is 2.43. The van der Waals surface area contributed by atoms with Gasteiger partial charge in [-0.25, -0.2) is 0 Å². The number of hydrogen-bond donors (Lipinski definition) is 3. The number of carbonyl (C=O) groups excluding carboxylic acids is 2. The van der Waals surface area contributed by atoms with Crippen molar-refractivity contribution in [2.75, 3.05) is 0 Å². The second-order valence-electron chi connectivity index (χ2n) is 7.53. The molecule has 0 saturated carbocycles. The molecule has 3 atom stereocenters. The lowest BCUT2D eigenvalue weighted by Crippen LogP contribution is -2.49. The van der Waals surface area contributed by atoms with Crippen molar-refractivity contribution in [1.29, 1.82) is 0 Å². The minimum atomic E-state index is -2.16. The minimum absolute atomic E-state index is 0.0741. The van der Waals surface area contributed by atoms with E-state index in [1.165, 1.54) is 0 Å². The molecule has 0 amide bonds. The van der Waals surface area contributed by atoms with E-state index in [4.69, 9.17) is 0 Å². The van der Waals surface area contributed by atoms with Crippen molar-refractivity contribution in [1.82, 2.24) is 0 Å². The molecule has 1 rings (SSSR count). The molecule has 0 heterocycles. The van der Waals surface area contributed by atoms with Crippen LogP contribution in [0.25, 0.3) is 0 Å². The van der Waals surface area contributed by atoms with Crippen LogP contribution < -0.4 is 0 Å². The molecule has 25 heavy (non-hydrogen) atoms. The van der Waals surface area contributed by atoms with Crippen LogP contribution in [0.2, 0.25) is 0 Å². The molecule has 0 bridgehead atoms. The van der Waals surface area contributed by atoms with E-state index < -0.39 is 40.9 Å². The molecule has 1 unspecified atom stereocenters. The van der Waals surface area contributed by atoms with Gasteiger partial charge in [0, 0.05) is 5.92 Å². The number of allylic oxidation sites excluding steroid dienone is 4. The maximum atomic E-state index is 12.8. The Kier molecular flexibility index (Phi) is 6.91. The summed E-state index contributed by atoms with van der Waals surface area (Å²) in [7, 11) is 0. The van der Waals surface area contributed by atoms with Crippen molar-refractivity contribution >= 4 is 11.6 Å². The average Bonchev–Trinajstić information content (AvgIpc) is 2.69. The number of ketones is 2. The van der Waals surface area contributed by atoms with Crippen molar-refractivity contribution in [2.24, 2.45) is 11.8 Å². The Morgan fingerprint density at radius 3 is 2.12 bits per heavy atom. The molecule has 0 spiro atoms. The molecule has 0 aliphatic heterocycles. The summed E-state index contributed by atoms with van der Waals surface area (Å²) in [6.45, 7) is 10.6. The highest BCUT2D eigenvalue weighted by atomic mass is 16.4. The number of aliphatic hydroxyl groups is 3. The zero-order valence-corrected chi connectivity index (χ0v) is 16.0. The van der Waals surface area contributed by atoms with Gasteiger partial charge in [0.1, 0.15) is 11.3 Å². The first-order valence-electron chi connectivity index (χ1n) is 8.63. The summed E-state index contributed by atoms with van der Waals surface area (Å²) in [5.74, 6) is -3.40. The van der Waals surface area contributed by atoms with Crippen molar-refractivity contribution < 1.29 is 24.9 Å². The fraction of sp³-hybridized carbons (Fsp3) is 0.600. The van der Waals surface area contributed by atoms with Crippen LogP contribution >= 0.6 is 0 Å². The third kappa shape index (κ3) is 4.28. The first kappa shape index (κ1) is 21.3. The molecule has 0 fully saturated rings. The van der Waals surface area contributed by atoms with Crippen LogP contribution in [-0.2, 0) is 9.59 Å². The lowest BCUT2D eigenvalue weighted by Gasteiger charge is -2.33. The molecule has 3 N–H and O–H groups in total. The van der Waals surface area contributed by atoms with Crippen molar-refractivity contribution in [2.45, 2.75) is 66.1 Å². The summed E-state index contributed by atoms with van der Waals surface area (Å²) in [6.07, 6.45) is 2.31. The van der Waals surface area contributed by atoms with Crippen LogP contribution in [0.5, 0.6) is 0 Å². The molecule has 0 saturated heterocycles. The second kappa shape index (κ2) is 8.11. The van der Waals surface area contributed by atoms with Gasteiger partial charge in [-0.05, 0) is 40.5 Å². The smallest absolute Gasteiger partial charge is 0.176 e. The molecule has 1 aliphatic rings. The van der Waals surface area contributed by atoms with E-state index in [0.717, 1.165) is 11.1 Å². The van der Waals surface area contributed by atoms with Crippen LogP contribution in [0, 0.1) is 11.8 Å².